The van der Waals surface area contributed by atoms with Crippen LogP contribution in [0.5, 0.6) is 0 Å². The number of oxazole rings is 1. The molecule has 3 aromatic rings. The maximum atomic E-state index is 11.6. The van der Waals surface area contributed by atoms with Gasteiger partial charge in [0.05, 0.1) is 5.52 Å². The molecule has 0 bridgehead atoms. The second-order valence-corrected chi connectivity index (χ2v) is 6.59. The number of H-pyrrole nitrogens is 1. The smallest absolute Gasteiger partial charge is 0.408 e. The van der Waals surface area contributed by atoms with Crippen LogP contribution in [0.3, 0.4) is 0 Å². The minimum Gasteiger partial charge on any atom is -0.408 e. The number of nitrogens with two attached hydrogens (primary N) is 1. The Morgan fingerprint density at radius 1 is 1.18 bits per heavy atom. The van der Waals surface area contributed by atoms with Gasteiger partial charge in [-0.15, -0.1) is 0 Å². The molecule has 1 aromatic heterocycles. The van der Waals surface area contributed by atoms with Crippen molar-refractivity contribution in [3.63, 3.8) is 0 Å². The quantitative estimate of drug-likeness (QED) is 0.587. The van der Waals surface area contributed by atoms with Crippen LogP contribution in [0, 0.1) is 0 Å². The van der Waals surface area contributed by atoms with E-state index in [4.69, 9.17) is 10.2 Å². The van der Waals surface area contributed by atoms with Crippen LogP contribution in [0.4, 0.5) is 0 Å². The maximum absolute atomic E-state index is 11.6. The first-order valence-corrected chi connectivity index (χ1v) is 9.18. The van der Waals surface area contributed by atoms with E-state index in [9.17, 15) is 9.59 Å². The number of aliphatic imine (C=N–C) groups is 1. The highest BCUT2D eigenvalue weighted by Gasteiger charge is 2.11. The van der Waals surface area contributed by atoms with Crippen LogP contribution >= 0.6 is 0 Å². The van der Waals surface area contributed by atoms with Crippen LogP contribution < -0.4 is 11.5 Å². The van der Waals surface area contributed by atoms with Crippen molar-refractivity contribution in [2.24, 2.45) is 10.7 Å². The standard InChI is InChI=1S/C22H23N3O3/c1-2-24-18(12-15-6-4-3-5-7-15)17(14-21(23)26)10-8-16-9-11-20-19(13-16)25-22(27)28-20/h2-7,9,11,13H,8,10,12,14H2,1H3,(H2,23,26)(H,25,27)/b18-17+,24-2?. The van der Waals surface area contributed by atoms with Crippen LogP contribution in [0.1, 0.15) is 30.9 Å². The van der Waals surface area contributed by atoms with E-state index in [2.05, 4.69) is 9.98 Å². The minimum absolute atomic E-state index is 0.171. The molecule has 0 aliphatic rings. The van der Waals surface area contributed by atoms with E-state index < -0.39 is 5.76 Å². The fraction of sp³-hybridized carbons (Fsp3) is 0.227. The number of benzene rings is 2. The number of carbonyl (C=O) groups is 1. The Morgan fingerprint density at radius 3 is 2.68 bits per heavy atom. The van der Waals surface area contributed by atoms with E-state index in [1.807, 2.05) is 49.4 Å². The second-order valence-electron chi connectivity index (χ2n) is 6.59. The summed E-state index contributed by atoms with van der Waals surface area (Å²) in [6.45, 7) is 1.86. The molecule has 28 heavy (non-hydrogen) atoms. The number of aryl methyl sites for hydroxylation is 1. The SMILES string of the molecule is CC=N/C(Cc1ccccc1)=C(\CCc1ccc2oc(=O)[nH]c2c1)CC(N)=O. The molecule has 3 N–H and O–H groups in total. The highest BCUT2D eigenvalue weighted by atomic mass is 16.4. The Labute approximate surface area is 162 Å². The van der Waals surface area contributed by atoms with Crippen molar-refractivity contribution >= 4 is 23.2 Å². The van der Waals surface area contributed by atoms with E-state index >= 15 is 0 Å². The van der Waals surface area contributed by atoms with Crippen LogP contribution in [0.25, 0.3) is 11.1 Å². The summed E-state index contributed by atoms with van der Waals surface area (Å²) in [5, 5.41) is 0. The Hall–Kier alpha value is -3.41. The molecule has 6 heteroatoms. The molecule has 0 aliphatic heterocycles. The molecule has 0 saturated carbocycles. The zero-order valence-electron chi connectivity index (χ0n) is 15.8. The van der Waals surface area contributed by atoms with Crippen molar-refractivity contribution in [3.8, 4) is 0 Å². The first-order chi connectivity index (χ1) is 13.5. The summed E-state index contributed by atoms with van der Waals surface area (Å²) >= 11 is 0. The highest BCUT2D eigenvalue weighted by Crippen LogP contribution is 2.22. The van der Waals surface area contributed by atoms with Gasteiger partial charge in [0.25, 0.3) is 0 Å². The van der Waals surface area contributed by atoms with Gasteiger partial charge in [0.15, 0.2) is 5.58 Å². The largest absolute Gasteiger partial charge is 0.417 e. The first kappa shape index (κ1) is 19.4. The topological polar surface area (TPSA) is 101 Å². The van der Waals surface area contributed by atoms with Crippen LogP contribution in [0.2, 0.25) is 0 Å². The average molecular weight is 377 g/mol. The van der Waals surface area contributed by atoms with E-state index in [0.29, 0.717) is 30.4 Å². The summed E-state index contributed by atoms with van der Waals surface area (Å²) in [4.78, 5) is 30.2. The third-order valence-corrected chi connectivity index (χ3v) is 4.49. The number of amides is 1. The van der Waals surface area contributed by atoms with E-state index in [0.717, 1.165) is 22.4 Å². The molecular weight excluding hydrogens is 354 g/mol. The van der Waals surface area contributed by atoms with Crippen molar-refractivity contribution in [3.05, 3.63) is 81.5 Å². The molecule has 0 aliphatic carbocycles. The van der Waals surface area contributed by atoms with Gasteiger partial charge in [-0.3, -0.25) is 14.8 Å². The molecule has 0 fully saturated rings. The maximum Gasteiger partial charge on any atom is 0.417 e. The fourth-order valence-corrected chi connectivity index (χ4v) is 3.20. The zero-order valence-corrected chi connectivity index (χ0v) is 15.8. The van der Waals surface area contributed by atoms with Crippen molar-refractivity contribution < 1.29 is 9.21 Å². The number of nitrogens with one attached hydrogen (secondary N) is 1. The monoisotopic (exact) mass is 377 g/mol. The molecule has 6 nitrogen and oxygen atoms in total. The predicted molar refractivity (Wildman–Crippen MR) is 110 cm³/mol. The van der Waals surface area contributed by atoms with E-state index in [1.54, 1.807) is 12.3 Å². The molecule has 0 spiro atoms. The molecule has 1 heterocycles. The predicted octanol–water partition coefficient (Wildman–Crippen LogP) is 3.52. The first-order valence-electron chi connectivity index (χ1n) is 9.18. The number of aromatic amines is 1. The van der Waals surface area contributed by atoms with Gasteiger partial charge in [0, 0.05) is 24.8 Å². The van der Waals surface area contributed by atoms with Gasteiger partial charge in [-0.1, -0.05) is 36.4 Å². The minimum atomic E-state index is -0.469. The summed E-state index contributed by atoms with van der Waals surface area (Å²) in [6, 6.07) is 15.6. The van der Waals surface area contributed by atoms with Gasteiger partial charge in [-0.2, -0.15) is 0 Å². The Morgan fingerprint density at radius 2 is 1.96 bits per heavy atom. The number of primary amides is 1. The highest BCUT2D eigenvalue weighted by molar-refractivity contribution is 5.77. The van der Waals surface area contributed by atoms with Crippen LogP contribution in [-0.4, -0.2) is 17.1 Å². The average Bonchev–Trinajstić information content (AvgIpc) is 3.04. The van der Waals surface area contributed by atoms with Crippen molar-refractivity contribution in [1.29, 1.82) is 0 Å². The van der Waals surface area contributed by atoms with E-state index in [1.165, 1.54) is 0 Å². The molecule has 1 amide bonds. The second kappa shape index (κ2) is 8.99. The van der Waals surface area contributed by atoms with E-state index in [-0.39, 0.29) is 12.3 Å². The lowest BCUT2D eigenvalue weighted by Crippen LogP contribution is -2.13. The third kappa shape index (κ3) is 5.07. The molecular formula is C22H23N3O3. The number of fused-ring (bicyclic) bond motifs is 1. The number of rotatable bonds is 8. The Kier molecular flexibility index (Phi) is 6.22. The third-order valence-electron chi connectivity index (χ3n) is 4.49. The van der Waals surface area contributed by atoms with Gasteiger partial charge in [0.1, 0.15) is 0 Å². The lowest BCUT2D eigenvalue weighted by atomic mass is 9.97. The van der Waals surface area contributed by atoms with Gasteiger partial charge < -0.3 is 10.2 Å². The molecule has 144 valence electrons. The number of hydrogen-bond acceptors (Lipinski definition) is 4. The normalized spacial score (nSPS) is 12.5. The number of carbonyl (C=O) groups excluding carboxylic acids is 1. The number of allylic oxidation sites excluding steroid dienone is 1. The van der Waals surface area contributed by atoms with Crippen molar-refractivity contribution in [2.75, 3.05) is 0 Å². The summed E-state index contributed by atoms with van der Waals surface area (Å²) in [6.07, 6.45) is 3.90. The number of nitrogens with zero attached hydrogens (tertiary/aromatic N) is 1. The van der Waals surface area contributed by atoms with Gasteiger partial charge in [-0.05, 0) is 48.6 Å². The van der Waals surface area contributed by atoms with Crippen LogP contribution in [-0.2, 0) is 17.6 Å². The lowest BCUT2D eigenvalue weighted by molar-refractivity contribution is -0.117. The summed E-state index contributed by atoms with van der Waals surface area (Å²) in [7, 11) is 0. The zero-order chi connectivity index (χ0) is 19.9. The fourth-order valence-electron chi connectivity index (χ4n) is 3.20. The summed E-state index contributed by atoms with van der Waals surface area (Å²) in [5.41, 5.74) is 10.6. The molecule has 0 radical (unpaired) electrons. The van der Waals surface area contributed by atoms with Crippen LogP contribution in [0.15, 0.2) is 74.0 Å². The summed E-state index contributed by atoms with van der Waals surface area (Å²) in [5.74, 6) is -0.842. The number of aromatic nitrogens is 1. The molecule has 0 saturated heterocycles. The molecule has 0 atom stereocenters. The van der Waals surface area contributed by atoms with Gasteiger partial charge in [-0.25, -0.2) is 4.79 Å². The molecule has 0 unspecified atom stereocenters. The van der Waals surface area contributed by atoms with Gasteiger partial charge >= 0.3 is 5.76 Å². The molecule has 2 aromatic carbocycles. The number of hydrogen-bond donors (Lipinski definition) is 2. The summed E-state index contributed by atoms with van der Waals surface area (Å²) < 4.78 is 5.04. The Bertz CT molecular complexity index is 1080. The van der Waals surface area contributed by atoms with Gasteiger partial charge in [0.2, 0.25) is 5.91 Å². The lowest BCUT2D eigenvalue weighted by Gasteiger charge is -2.12. The van der Waals surface area contributed by atoms with Crippen molar-refractivity contribution in [2.45, 2.75) is 32.6 Å². The van der Waals surface area contributed by atoms with Crippen molar-refractivity contribution in [1.82, 2.24) is 4.98 Å². The Balaban J connectivity index is 1.86. The molecule has 3 rings (SSSR count).